The molecule has 19 heteroatoms. The van der Waals surface area contributed by atoms with Crippen LogP contribution < -0.4 is 0 Å². The lowest BCUT2D eigenvalue weighted by atomic mass is 9.94. The van der Waals surface area contributed by atoms with Crippen molar-refractivity contribution >= 4 is 50.8 Å². The number of H-pyrrole nitrogens is 6. The van der Waals surface area contributed by atoms with E-state index in [0.29, 0.717) is 30.2 Å². The molecular weight excluding hydrogens is 875 g/mol. The van der Waals surface area contributed by atoms with E-state index >= 15 is 0 Å². The van der Waals surface area contributed by atoms with Crippen molar-refractivity contribution in [1.29, 1.82) is 0 Å². The van der Waals surface area contributed by atoms with Crippen LogP contribution in [0, 0.1) is 5.92 Å². The number of carbonyl (C=O) groups excluding carboxylic acids is 3. The highest BCUT2D eigenvalue weighted by Crippen LogP contribution is 2.30. The molecular formula is C50H69N15O4. The fourth-order valence-electron chi connectivity index (χ4n) is 9.28. The predicted octanol–water partition coefficient (Wildman–Crippen LogP) is 9.07. The molecule has 7 N–H and O–H groups in total. The van der Waals surface area contributed by atoms with Gasteiger partial charge in [0.25, 0.3) is 17.7 Å². The molecule has 19 nitrogen and oxygen atoms in total. The Morgan fingerprint density at radius 2 is 1.12 bits per heavy atom. The van der Waals surface area contributed by atoms with Gasteiger partial charge in [0.1, 0.15) is 53.0 Å². The molecule has 1 atom stereocenters. The monoisotopic (exact) mass is 944 g/mol. The molecule has 9 aromatic rings. The first-order valence-electron chi connectivity index (χ1n) is 23.7. The molecule has 2 saturated heterocycles. The van der Waals surface area contributed by atoms with Crippen molar-refractivity contribution in [1.82, 2.24) is 74.5 Å². The van der Waals surface area contributed by atoms with E-state index in [1.54, 1.807) is 11.1 Å². The van der Waals surface area contributed by atoms with Crippen LogP contribution in [0.1, 0.15) is 99.3 Å². The van der Waals surface area contributed by atoms with Crippen molar-refractivity contribution < 1.29 is 28.0 Å². The summed E-state index contributed by atoms with van der Waals surface area (Å²) in [6, 6.07) is 11.3. The van der Waals surface area contributed by atoms with Crippen molar-refractivity contribution in [3.8, 4) is 33.8 Å². The van der Waals surface area contributed by atoms with Crippen LogP contribution in [0.15, 0.2) is 92.6 Å². The van der Waals surface area contributed by atoms with Gasteiger partial charge in [0.05, 0.1) is 29.7 Å². The van der Waals surface area contributed by atoms with Gasteiger partial charge in [-0.1, -0.05) is 20.3 Å². The summed E-state index contributed by atoms with van der Waals surface area (Å²) in [6.45, 7) is 10.1. The first-order chi connectivity index (χ1) is 33.8. The Balaban J connectivity index is 0.000000285. The minimum atomic E-state index is -0.0790. The number of piperidine rings is 1. The molecule has 0 saturated carbocycles. The van der Waals surface area contributed by atoms with Gasteiger partial charge in [-0.2, -0.15) is 0 Å². The average Bonchev–Trinajstić information content (AvgIpc) is 4.25. The molecule has 11 rings (SSSR count). The Bertz CT molecular complexity index is 3200. The number of fused-ring (bicyclic) bond motifs is 3. The fraction of sp³-hybridized carbons (Fsp3) is 0.340. The van der Waals surface area contributed by atoms with Crippen molar-refractivity contribution in [3.63, 3.8) is 0 Å². The van der Waals surface area contributed by atoms with Gasteiger partial charge in [0.2, 0.25) is 0 Å². The Morgan fingerprint density at radius 3 is 1.58 bits per heavy atom. The first kappa shape index (κ1) is 46.2. The average molecular weight is 944 g/mol. The normalized spacial score (nSPS) is 15.0. The second kappa shape index (κ2) is 20.9. The first-order valence-corrected chi connectivity index (χ1v) is 23.7. The van der Waals surface area contributed by atoms with Crippen LogP contribution in [0.25, 0.3) is 66.9 Å². The van der Waals surface area contributed by atoms with Crippen molar-refractivity contribution in [2.45, 2.75) is 65.3 Å². The molecule has 2 fully saturated rings. The van der Waals surface area contributed by atoms with E-state index in [1.807, 2.05) is 84.1 Å². The third kappa shape index (κ3) is 9.76. The number of likely N-dealkylation sites (tertiary alicyclic amines) is 2. The van der Waals surface area contributed by atoms with Gasteiger partial charge in [-0.05, 0) is 81.3 Å². The van der Waals surface area contributed by atoms with Gasteiger partial charge >= 0.3 is 0 Å². The molecule has 2 aliphatic heterocycles. The van der Waals surface area contributed by atoms with Crippen LogP contribution in [0.5, 0.6) is 0 Å². The summed E-state index contributed by atoms with van der Waals surface area (Å²) in [6.07, 6.45) is 21.7. The topological polar surface area (TPSA) is 253 Å². The number of aliphatic hydroxyl groups excluding tert-OH is 1. The minimum Gasteiger partial charge on any atom is -0.394 e. The third-order valence-electron chi connectivity index (χ3n) is 13.1. The number of aliphatic hydroxyl groups is 1. The highest BCUT2D eigenvalue weighted by atomic mass is 16.3. The molecule has 0 aromatic carbocycles. The Hall–Kier alpha value is -7.93. The third-order valence-corrected chi connectivity index (χ3v) is 13.1. The van der Waals surface area contributed by atoms with E-state index in [0.717, 1.165) is 125 Å². The maximum Gasteiger partial charge on any atom is 0.270 e. The smallest absolute Gasteiger partial charge is 0.270 e. The summed E-state index contributed by atoms with van der Waals surface area (Å²) in [5, 5.41) is 12.2. The zero-order valence-corrected chi connectivity index (χ0v) is 39.0. The van der Waals surface area contributed by atoms with Crippen LogP contribution in [0.4, 0.5) is 0 Å². The number of amides is 3. The number of nitrogens with one attached hydrogen (secondary N) is 6. The number of aromatic amines is 6. The van der Waals surface area contributed by atoms with E-state index in [-0.39, 0.29) is 38.9 Å². The summed E-state index contributed by atoms with van der Waals surface area (Å²) in [7, 11) is 0. The van der Waals surface area contributed by atoms with E-state index < -0.39 is 0 Å². The van der Waals surface area contributed by atoms with E-state index in [2.05, 4.69) is 73.7 Å². The minimum absolute atomic E-state index is 0. The van der Waals surface area contributed by atoms with Crippen molar-refractivity contribution in [2.75, 3.05) is 39.3 Å². The van der Waals surface area contributed by atoms with Gasteiger partial charge < -0.3 is 49.7 Å². The summed E-state index contributed by atoms with van der Waals surface area (Å²) in [4.78, 5) is 87.4. The number of carbonyl (C=O) groups is 3. The molecule has 0 spiro atoms. The van der Waals surface area contributed by atoms with Crippen LogP contribution in [-0.2, 0) is 0 Å². The molecule has 2 aliphatic rings. The Labute approximate surface area is 406 Å². The lowest BCUT2D eigenvalue weighted by Crippen LogP contribution is -2.38. The summed E-state index contributed by atoms with van der Waals surface area (Å²) in [5.74, 6) is 0.786. The molecule has 0 radical (unpaired) electrons. The molecule has 0 bridgehead atoms. The van der Waals surface area contributed by atoms with Gasteiger partial charge in [0, 0.05) is 111 Å². The highest BCUT2D eigenvalue weighted by Gasteiger charge is 2.30. The predicted molar refractivity (Wildman–Crippen MR) is 276 cm³/mol. The van der Waals surface area contributed by atoms with Gasteiger partial charge in [-0.3, -0.25) is 14.4 Å². The zero-order chi connectivity index (χ0) is 47.9. The molecule has 368 valence electrons. The number of rotatable bonds is 11. The maximum absolute atomic E-state index is 12.7. The van der Waals surface area contributed by atoms with E-state index in [1.165, 1.54) is 25.4 Å². The van der Waals surface area contributed by atoms with Crippen LogP contribution >= 0.6 is 0 Å². The number of hydrogen-bond donors (Lipinski definition) is 7. The summed E-state index contributed by atoms with van der Waals surface area (Å²) >= 11 is 0. The molecule has 11 heterocycles. The second-order valence-electron chi connectivity index (χ2n) is 17.3. The Morgan fingerprint density at radius 1 is 0.638 bits per heavy atom. The maximum atomic E-state index is 12.7. The molecule has 0 aliphatic carbocycles. The van der Waals surface area contributed by atoms with Crippen LogP contribution in [-0.4, -0.2) is 143 Å². The highest BCUT2D eigenvalue weighted by molar-refractivity contribution is 5.98. The largest absolute Gasteiger partial charge is 0.394 e. The molecule has 1 unspecified atom stereocenters. The Kier molecular flexibility index (Phi) is 14.0. The number of hydrogen-bond acceptors (Lipinski definition) is 10. The molecule has 69 heavy (non-hydrogen) atoms. The quantitative estimate of drug-likeness (QED) is 0.0647. The molecule has 9 aromatic heterocycles. The van der Waals surface area contributed by atoms with Gasteiger partial charge in [0.15, 0.2) is 0 Å². The van der Waals surface area contributed by atoms with Crippen molar-refractivity contribution in [3.05, 3.63) is 110 Å². The standard InChI is InChI=1S/C18H21N5O.C16H17N5O2.C16H19N5O.6H2/c1-2-12-4-7-23(8-5-12)18(24)15-9-13(10-20-15)16-14-3-6-19-17(14)22-11-21-16;22-8-11-2-1-5-21(11)16(23)13-6-10(7-18-13)14-12-3-4-17-15(12)20-9-19-14;1-3-7-21(4-2)16(22)13-8-11(9-18-13)14-12-5-6-17-15(12)20-10-19-14;;;;;;/h3,6,9-12,20H,2,4-5,7-8H2,1H3,(H,19,21,22);3-4,6-7,9,11,18,22H,1-2,5,8H2,(H,17,19,20);5-6,8-10,18H,3-4,7H2,1-2H3,(H,17,19,20);6*1H. The number of aromatic nitrogens is 12. The number of nitrogens with zero attached hydrogens (tertiary/aromatic N) is 9. The van der Waals surface area contributed by atoms with Crippen LogP contribution in [0.3, 0.4) is 0 Å². The van der Waals surface area contributed by atoms with E-state index in [4.69, 9.17) is 0 Å². The lowest BCUT2D eigenvalue weighted by Gasteiger charge is -2.31. The summed E-state index contributed by atoms with van der Waals surface area (Å²) < 4.78 is 0. The second-order valence-corrected chi connectivity index (χ2v) is 17.3. The molecule has 3 amide bonds. The SMILES string of the molecule is CCC1CCN(C(=O)c2cc(-c3ncnc4[nH]ccc34)c[nH]2)CC1.CCCN(CC)C(=O)c1cc(-c2ncnc3[nH]ccc23)c[nH]1.O=C(c1cc(-c2ncnc3[nH]ccc23)c[nH]1)N1CCCC1CO.[HH].[HH].[HH].[HH].[HH].[HH]. The zero-order valence-electron chi connectivity index (χ0n) is 39.0. The van der Waals surface area contributed by atoms with Crippen LogP contribution in [0.2, 0.25) is 0 Å². The van der Waals surface area contributed by atoms with Gasteiger partial charge in [-0.15, -0.1) is 0 Å². The van der Waals surface area contributed by atoms with E-state index in [9.17, 15) is 19.5 Å². The van der Waals surface area contributed by atoms with Gasteiger partial charge in [-0.25, -0.2) is 29.9 Å². The van der Waals surface area contributed by atoms with Crippen molar-refractivity contribution in [2.24, 2.45) is 5.92 Å². The summed E-state index contributed by atoms with van der Waals surface area (Å²) in [5.41, 5.74) is 9.18. The fourth-order valence-corrected chi connectivity index (χ4v) is 9.28. The lowest BCUT2D eigenvalue weighted by molar-refractivity contribution is 0.0669.